The van der Waals surface area contributed by atoms with Crippen molar-refractivity contribution in [3.63, 3.8) is 0 Å². The highest BCUT2D eigenvalue weighted by atomic mass is 16.8. The summed E-state index contributed by atoms with van der Waals surface area (Å²) in [6.07, 6.45) is 0. The molecule has 0 saturated heterocycles. The van der Waals surface area contributed by atoms with Crippen molar-refractivity contribution in [2.75, 3.05) is 7.11 Å². The van der Waals surface area contributed by atoms with E-state index in [0.717, 1.165) is 22.4 Å². The summed E-state index contributed by atoms with van der Waals surface area (Å²) in [6.45, 7) is 2.08. The Balaban J connectivity index is 1.55. The minimum Gasteiger partial charge on any atom is -0.595 e. The van der Waals surface area contributed by atoms with Crippen LogP contribution in [0.15, 0.2) is 71.3 Å². The quantitative estimate of drug-likeness (QED) is 0.377. The van der Waals surface area contributed by atoms with Crippen LogP contribution < -0.4 is 14.7 Å². The van der Waals surface area contributed by atoms with Crippen LogP contribution in [0.25, 0.3) is 22.5 Å². The van der Waals surface area contributed by atoms with Gasteiger partial charge < -0.3 is 24.3 Å². The van der Waals surface area contributed by atoms with Gasteiger partial charge in [0.05, 0.1) is 23.9 Å². The van der Waals surface area contributed by atoms with Crippen molar-refractivity contribution in [3.05, 3.63) is 83.2 Å². The Bertz CT molecular complexity index is 1200. The van der Waals surface area contributed by atoms with Gasteiger partial charge in [-0.25, -0.2) is 5.21 Å². The maximum absolute atomic E-state index is 10.9. The molecular formula is C24H22N2O6. The molecule has 0 radical (unpaired) electrons. The van der Waals surface area contributed by atoms with Crippen LogP contribution in [0.2, 0.25) is 0 Å². The van der Waals surface area contributed by atoms with E-state index in [4.69, 9.17) is 19.2 Å². The van der Waals surface area contributed by atoms with Gasteiger partial charge in [0.2, 0.25) is 0 Å². The van der Waals surface area contributed by atoms with Gasteiger partial charge in [-0.2, -0.15) is 5.23 Å². The number of phenols is 1. The van der Waals surface area contributed by atoms with Crippen LogP contribution in [-0.2, 0) is 6.61 Å². The average Bonchev–Trinajstić information content (AvgIpc) is 3.19. The van der Waals surface area contributed by atoms with Gasteiger partial charge in [0, 0.05) is 18.2 Å². The van der Waals surface area contributed by atoms with E-state index in [1.807, 2.05) is 31.2 Å². The Morgan fingerprint density at radius 3 is 2.31 bits per heavy atom. The van der Waals surface area contributed by atoms with E-state index in [0.29, 0.717) is 22.8 Å². The van der Waals surface area contributed by atoms with Crippen LogP contribution in [0.3, 0.4) is 0 Å². The standard InChI is InChI=1S/C24H22N2O6/c1-15-23(17-5-9-19(30-2)10-6-17)24(32-25-15)21-12-11-20(13-22(21)27)31-14-16-3-7-18(8-4-16)26(28)29/h3-13,26-28H,14H2,1-2H3. The highest BCUT2D eigenvalue weighted by Gasteiger charge is 2.20. The number of aromatic nitrogens is 1. The number of rotatable bonds is 7. The van der Waals surface area contributed by atoms with E-state index in [2.05, 4.69) is 5.16 Å². The first kappa shape index (κ1) is 21.4. The maximum atomic E-state index is 10.9. The Hall–Kier alpha value is -3.85. The molecule has 3 aromatic carbocycles. The predicted molar refractivity (Wildman–Crippen MR) is 117 cm³/mol. The number of aromatic hydroxyl groups is 1. The van der Waals surface area contributed by atoms with Gasteiger partial charge in [0.1, 0.15) is 23.9 Å². The number of nitrogens with one attached hydrogen (secondary N) is 1. The lowest BCUT2D eigenvalue weighted by Gasteiger charge is -2.12. The zero-order chi connectivity index (χ0) is 22.7. The van der Waals surface area contributed by atoms with Crippen molar-refractivity contribution in [1.82, 2.24) is 5.16 Å². The van der Waals surface area contributed by atoms with Gasteiger partial charge in [0.15, 0.2) is 11.4 Å². The van der Waals surface area contributed by atoms with Crippen LogP contribution in [0.4, 0.5) is 5.69 Å². The molecular weight excluding hydrogens is 412 g/mol. The van der Waals surface area contributed by atoms with E-state index in [9.17, 15) is 10.3 Å². The molecule has 4 aromatic rings. The van der Waals surface area contributed by atoms with Crippen molar-refractivity contribution < 1.29 is 29.5 Å². The van der Waals surface area contributed by atoms with E-state index in [1.165, 1.54) is 18.2 Å². The van der Waals surface area contributed by atoms with E-state index in [-0.39, 0.29) is 18.0 Å². The van der Waals surface area contributed by atoms with Gasteiger partial charge in [-0.05, 0) is 54.4 Å². The van der Waals surface area contributed by atoms with Gasteiger partial charge in [0.25, 0.3) is 0 Å². The molecule has 3 N–H and O–H groups in total. The molecule has 1 atom stereocenters. The molecule has 1 aromatic heterocycles. The third kappa shape index (κ3) is 4.42. The lowest BCUT2D eigenvalue weighted by atomic mass is 9.99. The van der Waals surface area contributed by atoms with Crippen molar-refractivity contribution in [2.45, 2.75) is 13.5 Å². The molecule has 0 saturated carbocycles. The molecule has 1 heterocycles. The Morgan fingerprint density at radius 1 is 1.00 bits per heavy atom. The molecule has 1 unspecified atom stereocenters. The normalized spacial score (nSPS) is 11.9. The third-order valence-electron chi connectivity index (χ3n) is 5.06. The van der Waals surface area contributed by atoms with Crippen LogP contribution in [0, 0.1) is 12.1 Å². The first-order valence-electron chi connectivity index (χ1n) is 9.85. The Labute approximate surface area is 184 Å². The molecule has 32 heavy (non-hydrogen) atoms. The molecule has 0 bridgehead atoms. The molecule has 8 heteroatoms. The Kier molecular flexibility index (Phi) is 6.09. The fourth-order valence-electron chi connectivity index (χ4n) is 3.35. The molecule has 8 nitrogen and oxygen atoms in total. The third-order valence-corrected chi connectivity index (χ3v) is 5.06. The fraction of sp³-hybridized carbons (Fsp3) is 0.125. The smallest absolute Gasteiger partial charge is 0.178 e. The highest BCUT2D eigenvalue weighted by Crippen LogP contribution is 2.40. The van der Waals surface area contributed by atoms with Crippen molar-refractivity contribution >= 4 is 5.69 Å². The molecule has 0 aliphatic heterocycles. The lowest BCUT2D eigenvalue weighted by molar-refractivity contribution is -0.991. The molecule has 0 fully saturated rings. The molecule has 0 spiro atoms. The molecule has 0 aliphatic carbocycles. The first-order chi connectivity index (χ1) is 15.5. The minimum absolute atomic E-state index is 0.00497. The second kappa shape index (κ2) is 9.11. The van der Waals surface area contributed by atoms with Crippen molar-refractivity contribution in [3.8, 4) is 39.7 Å². The number of nitrogens with zero attached hydrogens (tertiary/aromatic N) is 1. The topological polar surface area (TPSA) is 112 Å². The number of quaternary nitrogens is 1. The predicted octanol–water partition coefficient (Wildman–Crippen LogP) is 4.01. The summed E-state index contributed by atoms with van der Waals surface area (Å²) in [4.78, 5) is 0. The van der Waals surface area contributed by atoms with Gasteiger partial charge in [-0.1, -0.05) is 17.3 Å². The van der Waals surface area contributed by atoms with E-state index < -0.39 is 5.23 Å². The number of benzene rings is 3. The maximum Gasteiger partial charge on any atom is 0.178 e. The number of aryl methyl sites for hydroxylation is 1. The number of hydrogen-bond acceptors (Lipinski definition) is 7. The highest BCUT2D eigenvalue weighted by molar-refractivity contribution is 5.84. The van der Waals surface area contributed by atoms with Gasteiger partial charge >= 0.3 is 0 Å². The largest absolute Gasteiger partial charge is 0.595 e. The summed E-state index contributed by atoms with van der Waals surface area (Å²) in [6, 6.07) is 18.9. The number of methoxy groups -OCH3 is 1. The lowest BCUT2D eigenvalue weighted by Crippen LogP contribution is -2.99. The van der Waals surface area contributed by atoms with Gasteiger partial charge in [-0.3, -0.25) is 0 Å². The molecule has 0 aliphatic rings. The van der Waals surface area contributed by atoms with Crippen LogP contribution in [0.1, 0.15) is 11.3 Å². The summed E-state index contributed by atoms with van der Waals surface area (Å²) in [5, 5.41) is 33.7. The number of hydrogen-bond donors (Lipinski definition) is 3. The SMILES string of the molecule is COc1ccc(-c2c(C)noc2-c2ccc(OCc3ccc([NH+]([O-])O)cc3)cc2O)cc1. The number of ether oxygens (including phenoxy) is 2. The van der Waals surface area contributed by atoms with Crippen LogP contribution >= 0.6 is 0 Å². The second-order valence-electron chi connectivity index (χ2n) is 7.17. The number of phenolic OH excluding ortho intramolecular Hbond substituents is 1. The summed E-state index contributed by atoms with van der Waals surface area (Å²) in [5.41, 5.74) is 3.90. The summed E-state index contributed by atoms with van der Waals surface area (Å²) in [7, 11) is 1.61. The first-order valence-corrected chi connectivity index (χ1v) is 9.85. The molecule has 0 amide bonds. The summed E-state index contributed by atoms with van der Waals surface area (Å²) < 4.78 is 16.5. The molecule has 164 valence electrons. The summed E-state index contributed by atoms with van der Waals surface area (Å²) in [5.74, 6) is 1.66. The fourth-order valence-corrected chi connectivity index (χ4v) is 3.35. The zero-order valence-corrected chi connectivity index (χ0v) is 17.5. The van der Waals surface area contributed by atoms with Crippen LogP contribution in [-0.4, -0.2) is 22.6 Å². The zero-order valence-electron chi connectivity index (χ0n) is 17.5. The van der Waals surface area contributed by atoms with E-state index >= 15 is 0 Å². The molecule has 4 rings (SSSR count). The Morgan fingerprint density at radius 2 is 1.69 bits per heavy atom. The average molecular weight is 434 g/mol. The van der Waals surface area contributed by atoms with E-state index in [1.54, 1.807) is 31.4 Å². The monoisotopic (exact) mass is 434 g/mol. The van der Waals surface area contributed by atoms with Crippen LogP contribution in [0.5, 0.6) is 17.2 Å². The van der Waals surface area contributed by atoms with Gasteiger partial charge in [-0.15, -0.1) is 0 Å². The van der Waals surface area contributed by atoms with Crippen molar-refractivity contribution in [2.24, 2.45) is 0 Å². The summed E-state index contributed by atoms with van der Waals surface area (Å²) >= 11 is 0. The van der Waals surface area contributed by atoms with Crippen molar-refractivity contribution in [1.29, 1.82) is 0 Å². The second-order valence-corrected chi connectivity index (χ2v) is 7.17. The minimum atomic E-state index is -0.977.